The molecule has 0 amide bonds. The summed E-state index contributed by atoms with van der Waals surface area (Å²) in [6.45, 7) is 9.18. The van der Waals surface area contributed by atoms with Crippen LogP contribution < -0.4 is 10.2 Å². The Morgan fingerprint density at radius 2 is 2.11 bits per heavy atom. The number of benzene rings is 1. The summed E-state index contributed by atoms with van der Waals surface area (Å²) in [5, 5.41) is 3.25. The molecule has 1 heterocycles. The van der Waals surface area contributed by atoms with Gasteiger partial charge in [-0.2, -0.15) is 0 Å². The molecule has 0 aromatic heterocycles. The molecule has 2 rings (SSSR count). The average Bonchev–Trinajstić information content (AvgIpc) is 2.65. The van der Waals surface area contributed by atoms with Gasteiger partial charge in [0, 0.05) is 24.3 Å². The highest BCUT2D eigenvalue weighted by molar-refractivity contribution is 5.52. The van der Waals surface area contributed by atoms with E-state index in [0.29, 0.717) is 0 Å². The van der Waals surface area contributed by atoms with Crippen LogP contribution in [-0.4, -0.2) is 18.6 Å². The maximum atomic E-state index is 13.7. The first-order valence-electron chi connectivity index (χ1n) is 6.81. The predicted octanol–water partition coefficient (Wildman–Crippen LogP) is 3.31. The lowest BCUT2D eigenvalue weighted by atomic mass is 10.0. The van der Waals surface area contributed by atoms with Crippen molar-refractivity contribution < 1.29 is 4.39 Å². The summed E-state index contributed by atoms with van der Waals surface area (Å²) in [5.41, 5.74) is 2.18. The van der Waals surface area contributed by atoms with Gasteiger partial charge in [0.25, 0.3) is 0 Å². The van der Waals surface area contributed by atoms with Crippen LogP contribution in [0.4, 0.5) is 10.1 Å². The van der Waals surface area contributed by atoms with Gasteiger partial charge >= 0.3 is 0 Å². The average molecular weight is 250 g/mol. The van der Waals surface area contributed by atoms with Crippen molar-refractivity contribution in [1.29, 1.82) is 0 Å². The fourth-order valence-electron chi connectivity index (χ4n) is 2.75. The highest BCUT2D eigenvalue weighted by Gasteiger charge is 2.32. The molecule has 0 radical (unpaired) electrons. The normalized spacial score (nSPS) is 18.3. The van der Waals surface area contributed by atoms with Crippen LogP contribution in [0.3, 0.4) is 0 Å². The monoisotopic (exact) mass is 250 g/mol. The van der Waals surface area contributed by atoms with Gasteiger partial charge in [-0.05, 0) is 57.0 Å². The van der Waals surface area contributed by atoms with Gasteiger partial charge in [0.1, 0.15) is 5.82 Å². The van der Waals surface area contributed by atoms with Gasteiger partial charge in [-0.1, -0.05) is 6.92 Å². The van der Waals surface area contributed by atoms with Crippen LogP contribution in [0.2, 0.25) is 0 Å². The first-order chi connectivity index (χ1) is 8.53. The van der Waals surface area contributed by atoms with E-state index in [1.165, 1.54) is 12.8 Å². The Balaban J connectivity index is 2.24. The number of nitrogens with zero attached hydrogens (tertiary/aromatic N) is 1. The molecule has 3 heteroatoms. The van der Waals surface area contributed by atoms with Crippen LogP contribution in [-0.2, 0) is 6.54 Å². The smallest absolute Gasteiger partial charge is 0.125 e. The summed E-state index contributed by atoms with van der Waals surface area (Å²) < 4.78 is 13.7. The SMILES string of the molecule is CCNCc1cc(F)cc(N2CCCC2(C)C)c1. The van der Waals surface area contributed by atoms with Gasteiger partial charge < -0.3 is 10.2 Å². The van der Waals surface area contributed by atoms with Crippen LogP contribution >= 0.6 is 0 Å². The van der Waals surface area contributed by atoms with Crippen molar-refractivity contribution in [2.24, 2.45) is 0 Å². The molecule has 2 nitrogen and oxygen atoms in total. The van der Waals surface area contributed by atoms with Crippen LogP contribution in [0, 0.1) is 5.82 Å². The number of anilines is 1. The summed E-state index contributed by atoms with van der Waals surface area (Å²) in [6, 6.07) is 5.39. The molecule has 0 spiro atoms. The van der Waals surface area contributed by atoms with Gasteiger partial charge in [0.15, 0.2) is 0 Å². The quantitative estimate of drug-likeness (QED) is 0.882. The number of hydrogen-bond donors (Lipinski definition) is 1. The Bertz CT molecular complexity index is 415. The molecule has 100 valence electrons. The van der Waals surface area contributed by atoms with Gasteiger partial charge in [-0.15, -0.1) is 0 Å². The third-order valence-corrected chi connectivity index (χ3v) is 3.73. The second-order valence-electron chi connectivity index (χ2n) is 5.67. The van der Waals surface area contributed by atoms with Crippen molar-refractivity contribution in [1.82, 2.24) is 5.32 Å². The zero-order valence-electron chi connectivity index (χ0n) is 11.6. The van der Waals surface area contributed by atoms with Crippen molar-refractivity contribution >= 4 is 5.69 Å². The summed E-state index contributed by atoms with van der Waals surface area (Å²) >= 11 is 0. The molecule has 0 unspecified atom stereocenters. The van der Waals surface area contributed by atoms with E-state index in [-0.39, 0.29) is 11.4 Å². The molecule has 1 aromatic rings. The zero-order chi connectivity index (χ0) is 13.2. The van der Waals surface area contributed by atoms with Gasteiger partial charge in [0.2, 0.25) is 0 Å². The number of rotatable bonds is 4. The molecule has 1 aliphatic rings. The van der Waals surface area contributed by atoms with E-state index in [0.717, 1.165) is 30.9 Å². The Morgan fingerprint density at radius 3 is 2.72 bits per heavy atom. The zero-order valence-corrected chi connectivity index (χ0v) is 11.6. The van der Waals surface area contributed by atoms with Gasteiger partial charge in [-0.3, -0.25) is 0 Å². The first-order valence-corrected chi connectivity index (χ1v) is 6.81. The van der Waals surface area contributed by atoms with E-state index in [1.807, 2.05) is 0 Å². The van der Waals surface area contributed by atoms with E-state index in [2.05, 4.69) is 37.1 Å². The Kier molecular flexibility index (Phi) is 3.91. The maximum Gasteiger partial charge on any atom is 0.125 e. The predicted molar refractivity (Wildman–Crippen MR) is 74.4 cm³/mol. The number of nitrogens with one attached hydrogen (secondary N) is 1. The topological polar surface area (TPSA) is 15.3 Å². The molecule has 18 heavy (non-hydrogen) atoms. The van der Waals surface area contributed by atoms with Crippen LogP contribution in [0.5, 0.6) is 0 Å². The van der Waals surface area contributed by atoms with Crippen molar-refractivity contribution in [2.75, 3.05) is 18.0 Å². The Labute approximate surface area is 109 Å². The molecule has 0 bridgehead atoms. The van der Waals surface area contributed by atoms with E-state index in [4.69, 9.17) is 0 Å². The lowest BCUT2D eigenvalue weighted by Crippen LogP contribution is -2.38. The number of halogens is 1. The lowest BCUT2D eigenvalue weighted by Gasteiger charge is -2.34. The van der Waals surface area contributed by atoms with E-state index < -0.39 is 0 Å². The standard InChI is InChI=1S/C15H23FN2/c1-4-17-11-12-8-13(16)10-14(9-12)18-7-5-6-15(18,2)3/h8-10,17H,4-7,11H2,1-3H3. The lowest BCUT2D eigenvalue weighted by molar-refractivity contribution is 0.516. The van der Waals surface area contributed by atoms with Crippen molar-refractivity contribution in [3.8, 4) is 0 Å². The largest absolute Gasteiger partial charge is 0.366 e. The summed E-state index contributed by atoms with van der Waals surface area (Å²) in [7, 11) is 0. The molecule has 1 saturated heterocycles. The molecular formula is C15H23FN2. The minimum absolute atomic E-state index is 0.136. The second kappa shape index (κ2) is 5.27. The molecule has 1 aromatic carbocycles. The third kappa shape index (κ3) is 2.83. The Hall–Kier alpha value is -1.09. The van der Waals surface area contributed by atoms with Gasteiger partial charge in [-0.25, -0.2) is 4.39 Å². The molecule has 1 N–H and O–H groups in total. The third-order valence-electron chi connectivity index (χ3n) is 3.73. The number of hydrogen-bond acceptors (Lipinski definition) is 2. The van der Waals surface area contributed by atoms with Crippen LogP contribution in [0.25, 0.3) is 0 Å². The Morgan fingerprint density at radius 1 is 1.33 bits per heavy atom. The first kappa shape index (κ1) is 13.3. The molecule has 0 aliphatic carbocycles. The molecule has 0 saturated carbocycles. The van der Waals surface area contributed by atoms with Crippen LogP contribution in [0.1, 0.15) is 39.2 Å². The summed E-state index contributed by atoms with van der Waals surface area (Å²) in [6.07, 6.45) is 2.36. The van der Waals surface area contributed by atoms with Gasteiger partial charge in [0.05, 0.1) is 0 Å². The van der Waals surface area contributed by atoms with Crippen molar-refractivity contribution in [3.63, 3.8) is 0 Å². The second-order valence-corrected chi connectivity index (χ2v) is 5.67. The minimum atomic E-state index is -0.136. The van der Waals surface area contributed by atoms with E-state index in [9.17, 15) is 4.39 Å². The highest BCUT2D eigenvalue weighted by Crippen LogP contribution is 2.34. The van der Waals surface area contributed by atoms with Crippen LogP contribution in [0.15, 0.2) is 18.2 Å². The summed E-state index contributed by atoms with van der Waals surface area (Å²) in [5.74, 6) is -0.136. The maximum absolute atomic E-state index is 13.7. The van der Waals surface area contributed by atoms with Crippen molar-refractivity contribution in [3.05, 3.63) is 29.6 Å². The molecule has 1 fully saturated rings. The van der Waals surface area contributed by atoms with E-state index in [1.54, 1.807) is 12.1 Å². The molecular weight excluding hydrogens is 227 g/mol. The molecule has 1 aliphatic heterocycles. The summed E-state index contributed by atoms with van der Waals surface area (Å²) in [4.78, 5) is 2.32. The fourth-order valence-corrected chi connectivity index (χ4v) is 2.75. The highest BCUT2D eigenvalue weighted by atomic mass is 19.1. The van der Waals surface area contributed by atoms with E-state index >= 15 is 0 Å². The molecule has 0 atom stereocenters. The van der Waals surface area contributed by atoms with Crippen molar-refractivity contribution in [2.45, 2.75) is 45.7 Å². The fraction of sp³-hybridized carbons (Fsp3) is 0.600. The minimum Gasteiger partial charge on any atom is -0.366 e.